The minimum atomic E-state index is -0.566. The monoisotopic (exact) mass is 458 g/mol. The molecule has 3 aromatic carbocycles. The molecular weight excluding hydrogens is 443 g/mol. The first-order chi connectivity index (χ1) is 16.0. The van der Waals surface area contributed by atoms with Crippen molar-refractivity contribution in [2.24, 2.45) is 0 Å². The van der Waals surface area contributed by atoms with Gasteiger partial charge in [-0.2, -0.15) is 15.0 Å². The van der Waals surface area contributed by atoms with Crippen LogP contribution in [0.3, 0.4) is 0 Å². The van der Waals surface area contributed by atoms with Crippen LogP contribution in [-0.4, -0.2) is 30.5 Å². The molecule has 0 saturated carbocycles. The molecule has 33 heavy (non-hydrogen) atoms. The molecule has 2 aromatic heterocycles. The number of rotatable bonds is 4. The van der Waals surface area contributed by atoms with Gasteiger partial charge in [-0.3, -0.25) is 9.59 Å². The number of benzene rings is 3. The molecule has 8 nitrogen and oxygen atoms in total. The Morgan fingerprint density at radius 1 is 1.00 bits per heavy atom. The van der Waals surface area contributed by atoms with Gasteiger partial charge >= 0.3 is 0 Å². The fourth-order valence-corrected chi connectivity index (χ4v) is 3.73. The summed E-state index contributed by atoms with van der Waals surface area (Å²) < 4.78 is 15.4. The third kappa shape index (κ3) is 3.83. The first-order valence-electron chi connectivity index (χ1n) is 9.83. The predicted molar refractivity (Wildman–Crippen MR) is 124 cm³/mol. The lowest BCUT2D eigenvalue weighted by Crippen LogP contribution is -2.22. The van der Waals surface area contributed by atoms with E-state index in [9.17, 15) is 14.0 Å². The van der Waals surface area contributed by atoms with E-state index in [-0.39, 0.29) is 21.8 Å². The number of nitrogens with zero attached hydrogens (tertiary/aromatic N) is 4. The Balaban J connectivity index is 1.45. The van der Waals surface area contributed by atoms with Gasteiger partial charge in [0, 0.05) is 11.3 Å². The summed E-state index contributed by atoms with van der Waals surface area (Å²) in [6.45, 7) is 0. The van der Waals surface area contributed by atoms with E-state index in [0.29, 0.717) is 16.8 Å². The average Bonchev–Trinajstić information content (AvgIpc) is 3.35. The molecule has 5 rings (SSSR count). The van der Waals surface area contributed by atoms with Gasteiger partial charge in [-0.1, -0.05) is 12.1 Å². The summed E-state index contributed by atoms with van der Waals surface area (Å²) in [6.07, 6.45) is 3.15. The fourth-order valence-electron chi connectivity index (χ4n) is 3.44. The molecule has 0 aliphatic heterocycles. The summed E-state index contributed by atoms with van der Waals surface area (Å²) in [6, 6.07) is 17.5. The lowest BCUT2D eigenvalue weighted by molar-refractivity contribution is 0.102. The van der Waals surface area contributed by atoms with E-state index < -0.39 is 11.4 Å². The number of halogens is 1. The zero-order valence-electron chi connectivity index (χ0n) is 16.9. The Morgan fingerprint density at radius 3 is 2.45 bits per heavy atom. The standard InChI is InChI=1S/C23H15FN6O2S/c24-18-3-1-2-4-20(18)29-22(32)17-10-5-14(13-19(17)28-23(29)33)21(31)27-15-6-8-16(9-7-15)30-25-11-12-26-30/h1-13H,(H,27,31)(H,28,33). The number of amides is 1. The third-order valence-electron chi connectivity index (χ3n) is 5.03. The highest BCUT2D eigenvalue weighted by atomic mass is 32.1. The summed E-state index contributed by atoms with van der Waals surface area (Å²) in [7, 11) is 0. The quantitative estimate of drug-likeness (QED) is 0.397. The number of fused-ring (bicyclic) bond motifs is 1. The summed E-state index contributed by atoms with van der Waals surface area (Å²) in [4.78, 5) is 30.1. The molecule has 0 atom stereocenters. The Hall–Kier alpha value is -4.44. The summed E-state index contributed by atoms with van der Waals surface area (Å²) in [5.74, 6) is -0.928. The van der Waals surface area contributed by atoms with Crippen molar-refractivity contribution in [3.63, 3.8) is 0 Å². The molecule has 0 unspecified atom stereocenters. The second-order valence-electron chi connectivity index (χ2n) is 7.10. The van der Waals surface area contributed by atoms with Crippen molar-refractivity contribution in [1.82, 2.24) is 24.5 Å². The van der Waals surface area contributed by atoms with E-state index in [1.807, 2.05) is 0 Å². The van der Waals surface area contributed by atoms with Crippen molar-refractivity contribution in [3.05, 3.63) is 106 Å². The van der Waals surface area contributed by atoms with Crippen LogP contribution in [0.2, 0.25) is 0 Å². The number of carbonyl (C=O) groups excluding carboxylic acids is 1. The van der Waals surface area contributed by atoms with Gasteiger partial charge in [0.05, 0.1) is 34.7 Å². The average molecular weight is 458 g/mol. The molecule has 0 aliphatic carbocycles. The number of anilines is 1. The van der Waals surface area contributed by atoms with Crippen molar-refractivity contribution in [2.75, 3.05) is 5.32 Å². The van der Waals surface area contributed by atoms with E-state index in [0.717, 1.165) is 10.3 Å². The SMILES string of the molecule is O=C(Nc1ccc(-n2nccn2)cc1)c1ccc2c(=O)n(-c3ccccc3F)c(=S)[nH]c2c1. The van der Waals surface area contributed by atoms with Crippen molar-refractivity contribution in [2.45, 2.75) is 0 Å². The largest absolute Gasteiger partial charge is 0.331 e. The van der Waals surface area contributed by atoms with Crippen LogP contribution in [0.25, 0.3) is 22.3 Å². The van der Waals surface area contributed by atoms with E-state index in [1.165, 1.54) is 41.2 Å². The van der Waals surface area contributed by atoms with Crippen LogP contribution >= 0.6 is 12.2 Å². The zero-order chi connectivity index (χ0) is 22.9. The minimum absolute atomic E-state index is 0.0259. The molecule has 0 aliphatic rings. The number of carbonyl (C=O) groups is 1. The van der Waals surface area contributed by atoms with E-state index in [1.54, 1.807) is 42.7 Å². The first-order valence-corrected chi connectivity index (χ1v) is 10.2. The lowest BCUT2D eigenvalue weighted by atomic mass is 10.1. The van der Waals surface area contributed by atoms with Gasteiger partial charge in [-0.05, 0) is 66.8 Å². The molecule has 0 spiro atoms. The molecule has 10 heteroatoms. The molecule has 2 N–H and O–H groups in total. The Bertz CT molecular complexity index is 1610. The van der Waals surface area contributed by atoms with Crippen molar-refractivity contribution in [3.8, 4) is 11.4 Å². The summed E-state index contributed by atoms with van der Waals surface area (Å²) in [5.41, 5.74) is 1.62. The number of para-hydroxylation sites is 1. The van der Waals surface area contributed by atoms with Gasteiger partial charge in [-0.25, -0.2) is 8.96 Å². The van der Waals surface area contributed by atoms with Gasteiger partial charge < -0.3 is 10.3 Å². The maximum absolute atomic E-state index is 14.2. The van der Waals surface area contributed by atoms with Gasteiger partial charge in [-0.15, -0.1) is 0 Å². The highest BCUT2D eigenvalue weighted by Crippen LogP contribution is 2.17. The Labute approximate surface area is 190 Å². The van der Waals surface area contributed by atoms with E-state index in [4.69, 9.17) is 12.2 Å². The van der Waals surface area contributed by atoms with E-state index in [2.05, 4.69) is 20.5 Å². The fraction of sp³-hybridized carbons (Fsp3) is 0. The highest BCUT2D eigenvalue weighted by Gasteiger charge is 2.13. The van der Waals surface area contributed by atoms with Crippen LogP contribution in [0, 0.1) is 10.6 Å². The smallest absolute Gasteiger partial charge is 0.266 e. The van der Waals surface area contributed by atoms with Crippen LogP contribution in [0.15, 0.2) is 83.9 Å². The van der Waals surface area contributed by atoms with Crippen LogP contribution in [0.4, 0.5) is 10.1 Å². The highest BCUT2D eigenvalue weighted by molar-refractivity contribution is 7.71. The van der Waals surface area contributed by atoms with Crippen LogP contribution < -0.4 is 10.9 Å². The molecule has 5 aromatic rings. The predicted octanol–water partition coefficient (Wildman–Crippen LogP) is 4.02. The maximum Gasteiger partial charge on any atom is 0.266 e. The minimum Gasteiger partial charge on any atom is -0.331 e. The molecule has 2 heterocycles. The second-order valence-corrected chi connectivity index (χ2v) is 7.49. The molecule has 162 valence electrons. The maximum atomic E-state index is 14.2. The molecule has 0 saturated heterocycles. The summed E-state index contributed by atoms with van der Waals surface area (Å²) in [5, 5.41) is 11.2. The third-order valence-corrected chi connectivity index (χ3v) is 5.31. The molecule has 0 radical (unpaired) electrons. The number of nitrogens with one attached hydrogen (secondary N) is 2. The van der Waals surface area contributed by atoms with Gasteiger partial charge in [0.15, 0.2) is 4.77 Å². The number of aromatic nitrogens is 5. The van der Waals surface area contributed by atoms with Crippen LogP contribution in [-0.2, 0) is 0 Å². The van der Waals surface area contributed by atoms with Gasteiger partial charge in [0.2, 0.25) is 0 Å². The Morgan fingerprint density at radius 2 is 1.73 bits per heavy atom. The number of hydrogen-bond donors (Lipinski definition) is 2. The molecule has 1 amide bonds. The lowest BCUT2D eigenvalue weighted by Gasteiger charge is -2.10. The Kier molecular flexibility index (Phi) is 5.11. The molecule has 0 bridgehead atoms. The topological polar surface area (TPSA) is 97.6 Å². The molecular formula is C23H15FN6O2S. The second kappa shape index (κ2) is 8.24. The van der Waals surface area contributed by atoms with Crippen molar-refractivity contribution in [1.29, 1.82) is 0 Å². The van der Waals surface area contributed by atoms with Crippen LogP contribution in [0.5, 0.6) is 0 Å². The van der Waals surface area contributed by atoms with Gasteiger partial charge in [0.25, 0.3) is 11.5 Å². The zero-order valence-corrected chi connectivity index (χ0v) is 17.7. The summed E-state index contributed by atoms with van der Waals surface area (Å²) >= 11 is 5.30. The number of hydrogen-bond acceptors (Lipinski definition) is 5. The first kappa shape index (κ1) is 20.5. The van der Waals surface area contributed by atoms with Gasteiger partial charge in [0.1, 0.15) is 5.82 Å². The van der Waals surface area contributed by atoms with Crippen molar-refractivity contribution < 1.29 is 9.18 Å². The molecule has 0 fully saturated rings. The number of aromatic amines is 1. The normalized spacial score (nSPS) is 10.9. The van der Waals surface area contributed by atoms with Crippen LogP contribution in [0.1, 0.15) is 10.4 Å². The van der Waals surface area contributed by atoms with E-state index >= 15 is 0 Å². The van der Waals surface area contributed by atoms with Crippen molar-refractivity contribution >= 4 is 34.7 Å². The number of H-pyrrole nitrogens is 1.